The Hall–Kier alpha value is -0.0400. The minimum atomic E-state index is -0.0442. The summed E-state index contributed by atoms with van der Waals surface area (Å²) in [5, 5.41) is 9.45. The van der Waals surface area contributed by atoms with Gasteiger partial charge in [-0.05, 0) is 37.5 Å². The first-order chi connectivity index (χ1) is 6.22. The summed E-state index contributed by atoms with van der Waals surface area (Å²) in [4.78, 5) is 0. The van der Waals surface area contributed by atoms with Crippen LogP contribution in [0.15, 0.2) is 0 Å². The van der Waals surface area contributed by atoms with E-state index in [1.54, 1.807) is 0 Å². The van der Waals surface area contributed by atoms with Gasteiger partial charge in [-0.1, -0.05) is 33.1 Å². The molecular weight excluding hydrogens is 160 g/mol. The van der Waals surface area contributed by atoms with E-state index in [1.807, 2.05) is 0 Å². The van der Waals surface area contributed by atoms with Gasteiger partial charge in [-0.15, -0.1) is 0 Å². The topological polar surface area (TPSA) is 20.2 Å². The lowest BCUT2D eigenvalue weighted by Crippen LogP contribution is -2.15. The molecule has 1 N–H and O–H groups in total. The van der Waals surface area contributed by atoms with Crippen molar-refractivity contribution in [2.24, 2.45) is 11.8 Å². The van der Waals surface area contributed by atoms with Crippen LogP contribution >= 0.6 is 0 Å². The van der Waals surface area contributed by atoms with Gasteiger partial charge in [0, 0.05) is 0 Å². The third-order valence-corrected chi connectivity index (χ3v) is 3.42. The van der Waals surface area contributed by atoms with Crippen LogP contribution in [-0.4, -0.2) is 11.2 Å². The van der Waals surface area contributed by atoms with Crippen LogP contribution in [0.2, 0.25) is 0 Å². The Labute approximate surface area is 82.5 Å². The van der Waals surface area contributed by atoms with E-state index in [9.17, 15) is 5.11 Å². The molecule has 0 spiro atoms. The molecular formula is C12H24O. The maximum absolute atomic E-state index is 9.45. The van der Waals surface area contributed by atoms with Gasteiger partial charge in [-0.2, -0.15) is 0 Å². The third kappa shape index (κ3) is 4.12. The summed E-state index contributed by atoms with van der Waals surface area (Å²) in [5.41, 5.74) is 0. The van der Waals surface area contributed by atoms with Crippen molar-refractivity contribution < 1.29 is 5.11 Å². The lowest BCUT2D eigenvalue weighted by Gasteiger charge is -2.27. The Morgan fingerprint density at radius 3 is 2.77 bits per heavy atom. The second-order valence-corrected chi connectivity index (χ2v) is 4.78. The van der Waals surface area contributed by atoms with Gasteiger partial charge in [0.15, 0.2) is 0 Å². The molecule has 0 heterocycles. The first-order valence-corrected chi connectivity index (χ1v) is 5.90. The third-order valence-electron chi connectivity index (χ3n) is 3.42. The highest BCUT2D eigenvalue weighted by Gasteiger charge is 2.19. The van der Waals surface area contributed by atoms with Crippen molar-refractivity contribution in [2.75, 3.05) is 0 Å². The van der Waals surface area contributed by atoms with Gasteiger partial charge in [0.1, 0.15) is 0 Å². The van der Waals surface area contributed by atoms with Gasteiger partial charge in [0.2, 0.25) is 0 Å². The molecule has 1 aliphatic rings. The summed E-state index contributed by atoms with van der Waals surface area (Å²) in [6.45, 7) is 4.43. The molecule has 3 atom stereocenters. The van der Waals surface area contributed by atoms with Crippen LogP contribution in [-0.2, 0) is 0 Å². The van der Waals surface area contributed by atoms with Crippen LogP contribution in [0.3, 0.4) is 0 Å². The van der Waals surface area contributed by atoms with Crippen LogP contribution < -0.4 is 0 Å². The Bertz CT molecular complexity index is 133. The molecule has 78 valence electrons. The molecule has 0 aromatic rings. The first-order valence-electron chi connectivity index (χ1n) is 5.90. The smallest absolute Gasteiger partial charge is 0.0537 e. The summed E-state index contributed by atoms with van der Waals surface area (Å²) < 4.78 is 0. The molecule has 0 aromatic heterocycles. The summed E-state index contributed by atoms with van der Waals surface area (Å²) in [6, 6.07) is 0. The molecule has 1 fully saturated rings. The van der Waals surface area contributed by atoms with Crippen LogP contribution in [0.25, 0.3) is 0 Å². The number of hydrogen-bond donors (Lipinski definition) is 1. The zero-order valence-electron chi connectivity index (χ0n) is 9.13. The summed E-state index contributed by atoms with van der Waals surface area (Å²) in [6.07, 6.45) is 8.78. The van der Waals surface area contributed by atoms with E-state index < -0.39 is 0 Å². The van der Waals surface area contributed by atoms with Gasteiger partial charge in [-0.25, -0.2) is 0 Å². The average Bonchev–Trinajstić information content (AvgIpc) is 2.14. The van der Waals surface area contributed by atoms with Gasteiger partial charge in [0.25, 0.3) is 0 Å². The Morgan fingerprint density at radius 2 is 2.15 bits per heavy atom. The highest BCUT2D eigenvalue weighted by Crippen LogP contribution is 2.31. The SMILES string of the molecule is CCC(O)CCC1CCCC(C)C1. The highest BCUT2D eigenvalue weighted by molar-refractivity contribution is 4.71. The Morgan fingerprint density at radius 1 is 1.38 bits per heavy atom. The summed E-state index contributed by atoms with van der Waals surface area (Å²) in [7, 11) is 0. The number of hydrogen-bond acceptors (Lipinski definition) is 1. The van der Waals surface area contributed by atoms with Crippen molar-refractivity contribution in [3.8, 4) is 0 Å². The zero-order chi connectivity index (χ0) is 9.68. The fourth-order valence-electron chi connectivity index (χ4n) is 2.45. The molecule has 1 nitrogen and oxygen atoms in total. The molecule has 1 saturated carbocycles. The Balaban J connectivity index is 2.13. The minimum absolute atomic E-state index is 0.0442. The van der Waals surface area contributed by atoms with Gasteiger partial charge in [0.05, 0.1) is 6.10 Å². The molecule has 0 bridgehead atoms. The van der Waals surface area contributed by atoms with E-state index in [0.29, 0.717) is 0 Å². The van der Waals surface area contributed by atoms with Gasteiger partial charge < -0.3 is 5.11 Å². The molecule has 1 heteroatoms. The molecule has 0 amide bonds. The van der Waals surface area contributed by atoms with Crippen molar-refractivity contribution in [1.29, 1.82) is 0 Å². The number of rotatable bonds is 4. The zero-order valence-corrected chi connectivity index (χ0v) is 9.13. The first kappa shape index (κ1) is 11.0. The largest absolute Gasteiger partial charge is 0.393 e. The average molecular weight is 184 g/mol. The molecule has 0 aromatic carbocycles. The quantitative estimate of drug-likeness (QED) is 0.710. The van der Waals surface area contributed by atoms with Gasteiger partial charge in [-0.3, -0.25) is 0 Å². The lowest BCUT2D eigenvalue weighted by molar-refractivity contribution is 0.141. The maximum Gasteiger partial charge on any atom is 0.0537 e. The molecule has 0 radical (unpaired) electrons. The normalized spacial score (nSPS) is 31.6. The van der Waals surface area contributed by atoms with Gasteiger partial charge >= 0.3 is 0 Å². The van der Waals surface area contributed by atoms with Crippen molar-refractivity contribution in [3.05, 3.63) is 0 Å². The monoisotopic (exact) mass is 184 g/mol. The predicted octanol–water partition coefficient (Wildman–Crippen LogP) is 3.36. The van der Waals surface area contributed by atoms with Crippen LogP contribution in [0, 0.1) is 11.8 Å². The summed E-state index contributed by atoms with van der Waals surface area (Å²) in [5.74, 6) is 1.84. The van der Waals surface area contributed by atoms with Crippen molar-refractivity contribution >= 4 is 0 Å². The fraction of sp³-hybridized carbons (Fsp3) is 1.00. The van der Waals surface area contributed by atoms with Crippen molar-refractivity contribution in [1.82, 2.24) is 0 Å². The van der Waals surface area contributed by atoms with E-state index in [0.717, 1.165) is 24.7 Å². The fourth-order valence-corrected chi connectivity index (χ4v) is 2.45. The lowest BCUT2D eigenvalue weighted by atomic mass is 9.80. The van der Waals surface area contributed by atoms with Crippen LogP contribution in [0.4, 0.5) is 0 Å². The molecule has 0 saturated heterocycles. The standard InChI is InChI=1S/C12H24O/c1-3-12(13)8-7-11-6-4-5-10(2)9-11/h10-13H,3-9H2,1-2H3. The maximum atomic E-state index is 9.45. The number of aliphatic hydroxyl groups excluding tert-OH is 1. The second-order valence-electron chi connectivity index (χ2n) is 4.78. The van der Waals surface area contributed by atoms with E-state index in [4.69, 9.17) is 0 Å². The number of aliphatic hydroxyl groups is 1. The Kier molecular flexibility index (Phi) is 4.79. The summed E-state index contributed by atoms with van der Waals surface area (Å²) >= 11 is 0. The van der Waals surface area contributed by atoms with Crippen LogP contribution in [0.5, 0.6) is 0 Å². The molecule has 3 unspecified atom stereocenters. The molecule has 1 rings (SSSR count). The molecule has 1 aliphatic carbocycles. The van der Waals surface area contributed by atoms with Crippen molar-refractivity contribution in [2.45, 2.75) is 64.9 Å². The van der Waals surface area contributed by atoms with E-state index >= 15 is 0 Å². The van der Waals surface area contributed by atoms with E-state index in [2.05, 4.69) is 13.8 Å². The molecule has 13 heavy (non-hydrogen) atoms. The van der Waals surface area contributed by atoms with E-state index in [-0.39, 0.29) is 6.10 Å². The highest BCUT2D eigenvalue weighted by atomic mass is 16.3. The molecule has 0 aliphatic heterocycles. The minimum Gasteiger partial charge on any atom is -0.393 e. The van der Waals surface area contributed by atoms with Crippen LogP contribution in [0.1, 0.15) is 58.8 Å². The predicted molar refractivity (Wildman–Crippen MR) is 56.7 cm³/mol. The van der Waals surface area contributed by atoms with E-state index in [1.165, 1.54) is 32.1 Å². The second kappa shape index (κ2) is 5.64. The van der Waals surface area contributed by atoms with Crippen molar-refractivity contribution in [3.63, 3.8) is 0 Å².